The second kappa shape index (κ2) is 6.32. The van der Waals surface area contributed by atoms with Crippen molar-refractivity contribution in [2.75, 3.05) is 0 Å². The first-order valence-corrected chi connectivity index (χ1v) is 10.6. The first-order chi connectivity index (χ1) is 13.0. The summed E-state index contributed by atoms with van der Waals surface area (Å²) in [6, 6.07) is 4.06. The van der Waals surface area contributed by atoms with Crippen LogP contribution in [0.3, 0.4) is 0 Å². The van der Waals surface area contributed by atoms with Gasteiger partial charge in [-0.15, -0.1) is 0 Å². The molecule has 4 aliphatic rings. The van der Waals surface area contributed by atoms with Gasteiger partial charge in [-0.05, 0) is 88.7 Å². The molecule has 1 atom stereocenters. The van der Waals surface area contributed by atoms with Gasteiger partial charge in [-0.25, -0.2) is 9.97 Å². The number of nitrogens with one attached hydrogen (secondary N) is 1. The zero-order valence-corrected chi connectivity index (χ0v) is 16.6. The van der Waals surface area contributed by atoms with Crippen LogP contribution in [0.1, 0.15) is 70.8 Å². The zero-order chi connectivity index (χ0) is 18.7. The van der Waals surface area contributed by atoms with E-state index in [4.69, 9.17) is 4.98 Å². The van der Waals surface area contributed by atoms with Crippen molar-refractivity contribution in [3.63, 3.8) is 0 Å². The number of hydrogen-bond acceptors (Lipinski definition) is 3. The predicted molar refractivity (Wildman–Crippen MR) is 105 cm³/mol. The van der Waals surface area contributed by atoms with Crippen LogP contribution in [0, 0.1) is 29.6 Å². The van der Waals surface area contributed by atoms with E-state index in [-0.39, 0.29) is 23.9 Å². The molecular formula is C22H30N4O. The quantitative estimate of drug-likeness (QED) is 0.879. The molecule has 5 nitrogen and oxygen atoms in total. The van der Waals surface area contributed by atoms with Crippen molar-refractivity contribution in [3.8, 4) is 0 Å². The molecule has 2 heterocycles. The zero-order valence-electron chi connectivity index (χ0n) is 16.6. The van der Waals surface area contributed by atoms with Crippen molar-refractivity contribution in [1.29, 1.82) is 0 Å². The number of carbonyl (C=O) groups is 1. The summed E-state index contributed by atoms with van der Waals surface area (Å²) < 4.78 is 2.16. The van der Waals surface area contributed by atoms with E-state index in [1.807, 2.05) is 18.3 Å². The van der Waals surface area contributed by atoms with Crippen LogP contribution in [0.15, 0.2) is 18.3 Å². The van der Waals surface area contributed by atoms with E-state index in [0.717, 1.165) is 28.8 Å². The molecule has 2 aromatic rings. The minimum absolute atomic E-state index is 0.105. The highest BCUT2D eigenvalue weighted by atomic mass is 16.2. The van der Waals surface area contributed by atoms with Crippen molar-refractivity contribution in [1.82, 2.24) is 19.9 Å². The maximum absolute atomic E-state index is 13.2. The Morgan fingerprint density at radius 3 is 2.41 bits per heavy atom. The molecule has 1 N–H and O–H groups in total. The van der Waals surface area contributed by atoms with E-state index in [2.05, 4.69) is 35.6 Å². The van der Waals surface area contributed by atoms with Crippen LogP contribution in [0.25, 0.3) is 11.2 Å². The van der Waals surface area contributed by atoms with Crippen LogP contribution in [0.5, 0.6) is 0 Å². The standard InChI is InChI=1S/C22H30N4O/c1-12(2)26-20(25-18-5-4-6-23-21(18)26)13(3)24-22(27)19-16-8-14-7-15(10-16)11-17(19)9-14/h4-6,12-17,19H,7-11H2,1-3H3,(H,24,27)/t13-,14?,15?,16?,17?,19?/m0/s1. The van der Waals surface area contributed by atoms with Gasteiger partial charge in [0.05, 0.1) is 6.04 Å². The molecular weight excluding hydrogens is 336 g/mol. The van der Waals surface area contributed by atoms with Gasteiger partial charge in [0, 0.05) is 18.2 Å². The van der Waals surface area contributed by atoms with E-state index in [0.29, 0.717) is 11.8 Å². The Morgan fingerprint density at radius 2 is 1.78 bits per heavy atom. The Morgan fingerprint density at radius 1 is 1.11 bits per heavy atom. The van der Waals surface area contributed by atoms with Gasteiger partial charge in [-0.2, -0.15) is 0 Å². The van der Waals surface area contributed by atoms with Crippen molar-refractivity contribution in [2.24, 2.45) is 29.6 Å². The molecule has 4 saturated carbocycles. The number of amides is 1. The predicted octanol–water partition coefficient (Wildman–Crippen LogP) is 4.26. The number of hydrogen-bond donors (Lipinski definition) is 1. The Balaban J connectivity index is 1.39. The SMILES string of the molecule is CC(C)n1c([C@H](C)NC(=O)C2C3CC4CC(C3)CC2C4)nc2cccnc21. The van der Waals surface area contributed by atoms with E-state index >= 15 is 0 Å². The highest BCUT2D eigenvalue weighted by Crippen LogP contribution is 2.56. The Bertz CT molecular complexity index is 842. The molecule has 5 heteroatoms. The molecule has 0 radical (unpaired) electrons. The summed E-state index contributed by atoms with van der Waals surface area (Å²) in [4.78, 5) is 22.6. The van der Waals surface area contributed by atoms with Crippen molar-refractivity contribution < 1.29 is 4.79 Å². The van der Waals surface area contributed by atoms with Gasteiger partial charge >= 0.3 is 0 Å². The Hall–Kier alpha value is -1.91. The van der Waals surface area contributed by atoms with Crippen LogP contribution in [-0.2, 0) is 4.79 Å². The Labute approximate surface area is 161 Å². The van der Waals surface area contributed by atoms with Crippen LogP contribution in [0.4, 0.5) is 0 Å². The van der Waals surface area contributed by atoms with Gasteiger partial charge in [0.15, 0.2) is 5.65 Å². The monoisotopic (exact) mass is 366 g/mol. The second-order valence-electron chi connectivity index (χ2n) is 9.47. The van der Waals surface area contributed by atoms with Crippen LogP contribution < -0.4 is 5.32 Å². The first kappa shape index (κ1) is 17.2. The lowest BCUT2D eigenvalue weighted by molar-refractivity contribution is -0.138. The summed E-state index contributed by atoms with van der Waals surface area (Å²) in [5, 5.41) is 3.33. The molecule has 6 rings (SSSR count). The fourth-order valence-electron chi connectivity index (χ4n) is 6.49. The largest absolute Gasteiger partial charge is 0.346 e. The minimum Gasteiger partial charge on any atom is -0.346 e. The minimum atomic E-state index is -0.105. The topological polar surface area (TPSA) is 59.8 Å². The summed E-state index contributed by atoms with van der Waals surface area (Å²) in [5.41, 5.74) is 1.80. The molecule has 0 unspecified atom stereocenters. The van der Waals surface area contributed by atoms with Gasteiger partial charge in [0.1, 0.15) is 11.3 Å². The smallest absolute Gasteiger partial charge is 0.224 e. The first-order valence-electron chi connectivity index (χ1n) is 10.6. The molecule has 144 valence electrons. The lowest BCUT2D eigenvalue weighted by atomic mass is 9.51. The maximum atomic E-state index is 13.2. The molecule has 0 aromatic carbocycles. The van der Waals surface area contributed by atoms with Crippen molar-refractivity contribution in [2.45, 2.75) is 65.0 Å². The van der Waals surface area contributed by atoms with Gasteiger partial charge < -0.3 is 9.88 Å². The van der Waals surface area contributed by atoms with Crippen molar-refractivity contribution >= 4 is 17.1 Å². The highest BCUT2D eigenvalue weighted by molar-refractivity contribution is 5.80. The molecule has 4 aliphatic carbocycles. The third-order valence-corrected chi connectivity index (χ3v) is 7.27. The number of imidazole rings is 1. The molecule has 0 spiro atoms. The van der Waals surface area contributed by atoms with E-state index in [1.54, 1.807) is 0 Å². The molecule has 4 bridgehead atoms. The average Bonchev–Trinajstić information content (AvgIpc) is 3.00. The third kappa shape index (κ3) is 2.77. The van der Waals surface area contributed by atoms with E-state index < -0.39 is 0 Å². The molecule has 1 amide bonds. The molecule has 4 fully saturated rings. The van der Waals surface area contributed by atoms with Gasteiger partial charge in [-0.1, -0.05) is 0 Å². The van der Waals surface area contributed by atoms with Gasteiger partial charge in [0.25, 0.3) is 0 Å². The molecule has 2 aromatic heterocycles. The number of aromatic nitrogens is 3. The number of carbonyl (C=O) groups excluding carboxylic acids is 1. The molecule has 0 aliphatic heterocycles. The normalized spacial score (nSPS) is 33.0. The number of nitrogens with zero attached hydrogens (tertiary/aromatic N) is 3. The van der Waals surface area contributed by atoms with Crippen LogP contribution in [0.2, 0.25) is 0 Å². The van der Waals surface area contributed by atoms with Crippen LogP contribution >= 0.6 is 0 Å². The summed E-state index contributed by atoms with van der Waals surface area (Å²) in [6.45, 7) is 6.35. The van der Waals surface area contributed by atoms with Gasteiger partial charge in [-0.3, -0.25) is 4.79 Å². The second-order valence-corrected chi connectivity index (χ2v) is 9.47. The average molecular weight is 367 g/mol. The van der Waals surface area contributed by atoms with Crippen LogP contribution in [-0.4, -0.2) is 20.4 Å². The number of rotatable bonds is 4. The molecule has 27 heavy (non-hydrogen) atoms. The number of pyridine rings is 1. The summed E-state index contributed by atoms with van der Waals surface area (Å²) in [5.74, 6) is 4.39. The fourth-order valence-corrected chi connectivity index (χ4v) is 6.49. The highest BCUT2D eigenvalue weighted by Gasteiger charge is 2.50. The van der Waals surface area contributed by atoms with Crippen molar-refractivity contribution in [3.05, 3.63) is 24.2 Å². The fraction of sp³-hybridized carbons (Fsp3) is 0.682. The summed E-state index contributed by atoms with van der Waals surface area (Å²) >= 11 is 0. The molecule has 0 saturated heterocycles. The lowest BCUT2D eigenvalue weighted by Gasteiger charge is -2.53. The Kier molecular flexibility index (Phi) is 4.03. The third-order valence-electron chi connectivity index (χ3n) is 7.27. The number of fused-ring (bicyclic) bond motifs is 1. The lowest BCUT2D eigenvalue weighted by Crippen LogP contribution is -2.51. The van der Waals surface area contributed by atoms with Gasteiger partial charge in [0.2, 0.25) is 5.91 Å². The van der Waals surface area contributed by atoms with E-state index in [1.165, 1.54) is 32.1 Å². The summed E-state index contributed by atoms with van der Waals surface area (Å²) in [6.07, 6.45) is 8.32. The van der Waals surface area contributed by atoms with E-state index in [9.17, 15) is 4.79 Å². The summed E-state index contributed by atoms with van der Waals surface area (Å²) in [7, 11) is 0. The maximum Gasteiger partial charge on any atom is 0.224 e.